The van der Waals surface area contributed by atoms with Crippen molar-refractivity contribution < 1.29 is 14.3 Å². The van der Waals surface area contributed by atoms with Crippen LogP contribution in [0.1, 0.15) is 16.7 Å². The van der Waals surface area contributed by atoms with Crippen molar-refractivity contribution in [3.8, 4) is 17.6 Å². The van der Waals surface area contributed by atoms with E-state index < -0.39 is 5.91 Å². The third-order valence-electron chi connectivity index (χ3n) is 4.60. The van der Waals surface area contributed by atoms with Gasteiger partial charge < -0.3 is 14.8 Å². The lowest BCUT2D eigenvalue weighted by Crippen LogP contribution is -2.13. The van der Waals surface area contributed by atoms with Crippen LogP contribution in [-0.2, 0) is 11.4 Å². The highest BCUT2D eigenvalue weighted by molar-refractivity contribution is 14.1. The SMILES string of the molecule is COc1cc(/C=C(/C#N)C(=O)Nc2ccc(C)c(Cl)c2)ccc1OCc1ccc(I)cc1. The number of nitriles is 1. The molecule has 0 atom stereocenters. The molecule has 1 amide bonds. The quantitative estimate of drug-likeness (QED) is 0.207. The smallest absolute Gasteiger partial charge is 0.266 e. The molecule has 7 heteroatoms. The molecule has 0 radical (unpaired) electrons. The molecule has 0 bridgehead atoms. The summed E-state index contributed by atoms with van der Waals surface area (Å²) < 4.78 is 12.5. The lowest BCUT2D eigenvalue weighted by molar-refractivity contribution is -0.112. The first-order valence-corrected chi connectivity index (χ1v) is 11.1. The summed E-state index contributed by atoms with van der Waals surface area (Å²) >= 11 is 8.36. The fourth-order valence-corrected chi connectivity index (χ4v) is 3.36. The Morgan fingerprint density at radius 2 is 1.88 bits per heavy atom. The first-order chi connectivity index (χ1) is 15.4. The molecule has 0 heterocycles. The second-order valence-electron chi connectivity index (χ2n) is 6.91. The largest absolute Gasteiger partial charge is 0.493 e. The molecule has 0 aliphatic heterocycles. The van der Waals surface area contributed by atoms with Gasteiger partial charge in [-0.3, -0.25) is 4.79 Å². The molecule has 0 aliphatic carbocycles. The number of hydrogen-bond donors (Lipinski definition) is 1. The van der Waals surface area contributed by atoms with Crippen LogP contribution in [0.15, 0.2) is 66.2 Å². The maximum Gasteiger partial charge on any atom is 0.266 e. The second-order valence-corrected chi connectivity index (χ2v) is 8.57. The van der Waals surface area contributed by atoms with Crippen LogP contribution in [0.3, 0.4) is 0 Å². The minimum absolute atomic E-state index is 0.0451. The Labute approximate surface area is 205 Å². The number of hydrogen-bond acceptors (Lipinski definition) is 4. The van der Waals surface area contributed by atoms with Gasteiger partial charge in [-0.1, -0.05) is 35.9 Å². The molecule has 0 unspecified atom stereocenters. The summed E-state index contributed by atoms with van der Waals surface area (Å²) in [6.45, 7) is 2.27. The summed E-state index contributed by atoms with van der Waals surface area (Å²) in [6, 6.07) is 20.4. The van der Waals surface area contributed by atoms with Gasteiger partial charge in [0.05, 0.1) is 7.11 Å². The molecule has 0 aliphatic rings. The standard InChI is InChI=1S/C25H20ClIN2O3/c1-16-3-9-21(13-22(16)26)29-25(30)19(14-28)11-18-6-10-23(24(12-18)31-2)32-15-17-4-7-20(27)8-5-17/h3-13H,15H2,1-2H3,(H,29,30)/b19-11-. The second kappa shape index (κ2) is 11.0. The molecule has 32 heavy (non-hydrogen) atoms. The van der Waals surface area contributed by atoms with E-state index in [1.165, 1.54) is 6.08 Å². The number of anilines is 1. The van der Waals surface area contributed by atoms with E-state index in [1.54, 1.807) is 43.5 Å². The van der Waals surface area contributed by atoms with Gasteiger partial charge in [-0.25, -0.2) is 0 Å². The van der Waals surface area contributed by atoms with Gasteiger partial charge in [0.15, 0.2) is 11.5 Å². The van der Waals surface area contributed by atoms with Gasteiger partial charge in [0.2, 0.25) is 0 Å². The molecule has 3 aromatic carbocycles. The van der Waals surface area contributed by atoms with E-state index in [1.807, 2.05) is 37.3 Å². The number of rotatable bonds is 7. The fraction of sp³-hybridized carbons (Fsp3) is 0.120. The van der Waals surface area contributed by atoms with Crippen molar-refractivity contribution in [2.45, 2.75) is 13.5 Å². The van der Waals surface area contributed by atoms with E-state index >= 15 is 0 Å². The molecule has 0 aromatic heterocycles. The average molecular weight is 559 g/mol. The zero-order chi connectivity index (χ0) is 23.1. The van der Waals surface area contributed by atoms with E-state index in [0.29, 0.717) is 34.4 Å². The zero-order valence-corrected chi connectivity index (χ0v) is 20.4. The first-order valence-electron chi connectivity index (χ1n) is 9.64. The number of nitrogens with one attached hydrogen (secondary N) is 1. The Kier molecular flexibility index (Phi) is 8.14. The fourth-order valence-electron chi connectivity index (χ4n) is 2.82. The van der Waals surface area contributed by atoms with Crippen LogP contribution in [0, 0.1) is 21.8 Å². The summed E-state index contributed by atoms with van der Waals surface area (Å²) in [5.41, 5.74) is 3.05. The number of ether oxygens (including phenoxy) is 2. The monoisotopic (exact) mass is 558 g/mol. The maximum absolute atomic E-state index is 12.5. The lowest BCUT2D eigenvalue weighted by Gasteiger charge is -2.12. The van der Waals surface area contributed by atoms with Crippen molar-refractivity contribution in [1.82, 2.24) is 0 Å². The molecule has 3 rings (SSSR count). The molecule has 3 aromatic rings. The number of methoxy groups -OCH3 is 1. The molecule has 0 spiro atoms. The van der Waals surface area contributed by atoms with E-state index in [2.05, 4.69) is 27.9 Å². The Morgan fingerprint density at radius 1 is 1.12 bits per heavy atom. The van der Waals surface area contributed by atoms with Crippen LogP contribution in [0.2, 0.25) is 5.02 Å². The highest BCUT2D eigenvalue weighted by Gasteiger charge is 2.12. The highest BCUT2D eigenvalue weighted by Crippen LogP contribution is 2.30. The van der Waals surface area contributed by atoms with Gasteiger partial charge in [-0.15, -0.1) is 0 Å². The lowest BCUT2D eigenvalue weighted by atomic mass is 10.1. The molecule has 5 nitrogen and oxygen atoms in total. The molecular formula is C25H20ClIN2O3. The van der Waals surface area contributed by atoms with Crippen LogP contribution in [-0.4, -0.2) is 13.0 Å². The Morgan fingerprint density at radius 3 is 2.53 bits per heavy atom. The summed E-state index contributed by atoms with van der Waals surface area (Å²) in [6.07, 6.45) is 1.50. The van der Waals surface area contributed by atoms with Crippen molar-refractivity contribution >= 4 is 51.9 Å². The van der Waals surface area contributed by atoms with E-state index in [9.17, 15) is 10.1 Å². The predicted molar refractivity (Wildman–Crippen MR) is 135 cm³/mol. The van der Waals surface area contributed by atoms with Gasteiger partial charge >= 0.3 is 0 Å². The molecule has 1 N–H and O–H groups in total. The normalized spacial score (nSPS) is 10.9. The summed E-state index contributed by atoms with van der Waals surface area (Å²) in [5.74, 6) is 0.554. The van der Waals surface area contributed by atoms with Crippen molar-refractivity contribution in [1.29, 1.82) is 5.26 Å². The molecule has 0 saturated carbocycles. The van der Waals surface area contributed by atoms with Crippen LogP contribution in [0.5, 0.6) is 11.5 Å². The van der Waals surface area contributed by atoms with Crippen molar-refractivity contribution in [2.75, 3.05) is 12.4 Å². The predicted octanol–water partition coefficient (Wildman–Crippen LogP) is 6.39. The molecule has 0 saturated heterocycles. The van der Waals surface area contributed by atoms with Gasteiger partial charge in [0, 0.05) is 14.3 Å². The summed E-state index contributed by atoms with van der Waals surface area (Å²) in [4.78, 5) is 12.5. The number of benzene rings is 3. The number of nitrogens with zero attached hydrogens (tertiary/aromatic N) is 1. The molecule has 0 fully saturated rings. The molecular weight excluding hydrogens is 539 g/mol. The van der Waals surface area contributed by atoms with Gasteiger partial charge in [0.1, 0.15) is 18.2 Å². The zero-order valence-electron chi connectivity index (χ0n) is 17.5. The highest BCUT2D eigenvalue weighted by atomic mass is 127. The minimum atomic E-state index is -0.523. The van der Waals surface area contributed by atoms with Crippen molar-refractivity contribution in [3.05, 3.63) is 91.5 Å². The van der Waals surface area contributed by atoms with Gasteiger partial charge in [0.25, 0.3) is 5.91 Å². The first kappa shape index (κ1) is 23.6. The van der Waals surface area contributed by atoms with Crippen molar-refractivity contribution in [3.63, 3.8) is 0 Å². The van der Waals surface area contributed by atoms with Crippen LogP contribution >= 0.6 is 34.2 Å². The Balaban J connectivity index is 1.75. The third-order valence-corrected chi connectivity index (χ3v) is 5.73. The number of halogens is 2. The maximum atomic E-state index is 12.5. The van der Waals surface area contributed by atoms with Crippen LogP contribution in [0.4, 0.5) is 5.69 Å². The van der Waals surface area contributed by atoms with Crippen LogP contribution < -0.4 is 14.8 Å². The van der Waals surface area contributed by atoms with E-state index in [0.717, 1.165) is 14.7 Å². The summed E-state index contributed by atoms with van der Waals surface area (Å²) in [5, 5.41) is 12.7. The Bertz CT molecular complexity index is 1200. The third kappa shape index (κ3) is 6.25. The van der Waals surface area contributed by atoms with Gasteiger partial charge in [-0.05, 0) is 88.7 Å². The number of carbonyl (C=O) groups is 1. The van der Waals surface area contributed by atoms with Gasteiger partial charge in [-0.2, -0.15) is 5.26 Å². The Hall–Kier alpha value is -3.02. The number of amides is 1. The van der Waals surface area contributed by atoms with Crippen LogP contribution in [0.25, 0.3) is 6.08 Å². The topological polar surface area (TPSA) is 71.3 Å². The summed E-state index contributed by atoms with van der Waals surface area (Å²) in [7, 11) is 1.54. The number of aryl methyl sites for hydroxylation is 1. The number of carbonyl (C=O) groups excluding carboxylic acids is 1. The van der Waals surface area contributed by atoms with E-state index in [4.69, 9.17) is 21.1 Å². The van der Waals surface area contributed by atoms with E-state index in [-0.39, 0.29) is 5.57 Å². The molecule has 162 valence electrons. The van der Waals surface area contributed by atoms with Crippen molar-refractivity contribution in [2.24, 2.45) is 0 Å². The minimum Gasteiger partial charge on any atom is -0.493 e. The average Bonchev–Trinajstić information content (AvgIpc) is 2.79.